The number of hydrogen-bond donors (Lipinski definition) is 2. The van der Waals surface area contributed by atoms with Gasteiger partial charge in [0, 0.05) is 56.1 Å². The van der Waals surface area contributed by atoms with Gasteiger partial charge in [0.15, 0.2) is 11.4 Å². The molecule has 2 amide bonds. The molecule has 2 N–H and O–H groups in total. The maximum atomic E-state index is 13.5. The molecule has 0 radical (unpaired) electrons. The van der Waals surface area contributed by atoms with Crippen LogP contribution in [0.3, 0.4) is 0 Å². The van der Waals surface area contributed by atoms with E-state index in [0.29, 0.717) is 67.4 Å². The molecule has 18 nitrogen and oxygen atoms in total. The van der Waals surface area contributed by atoms with Crippen molar-refractivity contribution in [3.8, 4) is 11.5 Å². The monoisotopic (exact) mass is 1020 g/mol. The van der Waals surface area contributed by atoms with Crippen molar-refractivity contribution in [2.75, 3.05) is 46.0 Å². The van der Waals surface area contributed by atoms with Gasteiger partial charge in [-0.1, -0.05) is 47.5 Å². The first-order valence-electron chi connectivity index (χ1n) is 24.2. The number of carboxylic acid groups (broad SMARTS) is 1. The van der Waals surface area contributed by atoms with E-state index in [-0.39, 0.29) is 79.2 Å². The SMILES string of the molecule is CC(C)(O)COc1cccc(COC2C[C@@H]3CN(C(=O)n4ccc(C(=O)OC(C)(C)CCOC(C)(C)COc5cccc(COC6C[C@@H]7CN(C(=O)n8ccc(C(=O)O)n8)C[C@@H]7C6)c5Cl)n4)C[C@@H]3C2)c1Cl. The van der Waals surface area contributed by atoms with Gasteiger partial charge in [-0.25, -0.2) is 19.2 Å². The number of carbonyl (C=O) groups is 4. The van der Waals surface area contributed by atoms with Crippen molar-refractivity contribution in [1.82, 2.24) is 29.4 Å². The zero-order valence-corrected chi connectivity index (χ0v) is 42.6. The molecule has 2 saturated carbocycles. The van der Waals surface area contributed by atoms with Gasteiger partial charge in [-0.3, -0.25) is 0 Å². The number of hydrogen-bond acceptors (Lipinski definition) is 13. The fourth-order valence-corrected chi connectivity index (χ4v) is 10.4. The van der Waals surface area contributed by atoms with E-state index in [9.17, 15) is 24.3 Å². The fraction of sp³-hybridized carbons (Fsp3) is 0.569. The second-order valence-corrected chi connectivity index (χ2v) is 21.9. The molecule has 8 rings (SSSR count). The number of carboxylic acids is 1. The van der Waals surface area contributed by atoms with Gasteiger partial charge >= 0.3 is 24.0 Å². The van der Waals surface area contributed by atoms with Crippen LogP contribution in [-0.4, -0.2) is 139 Å². The Labute approximate surface area is 423 Å². The molecule has 2 aliphatic carbocycles. The number of esters is 1. The van der Waals surface area contributed by atoms with Crippen LogP contribution < -0.4 is 9.47 Å². The molecule has 6 atom stereocenters. The Morgan fingerprint density at radius 1 is 0.648 bits per heavy atom. The zero-order valence-electron chi connectivity index (χ0n) is 41.1. The molecule has 384 valence electrons. The molecule has 0 bridgehead atoms. The lowest BCUT2D eigenvalue weighted by molar-refractivity contribution is -0.0714. The fourth-order valence-electron chi connectivity index (χ4n) is 9.90. The van der Waals surface area contributed by atoms with Gasteiger partial charge in [-0.05, 0) is 115 Å². The van der Waals surface area contributed by atoms with Crippen molar-refractivity contribution in [3.63, 3.8) is 0 Å². The minimum atomic E-state index is -1.18. The molecule has 2 aliphatic heterocycles. The van der Waals surface area contributed by atoms with E-state index in [4.69, 9.17) is 56.7 Å². The van der Waals surface area contributed by atoms with Crippen molar-refractivity contribution < 1.29 is 57.8 Å². The van der Waals surface area contributed by atoms with Crippen molar-refractivity contribution in [2.24, 2.45) is 23.7 Å². The molecular formula is C51H64Cl2N6O12. The number of carbonyl (C=O) groups excluding carboxylic acids is 3. The number of amides is 2. The summed E-state index contributed by atoms with van der Waals surface area (Å²) in [4.78, 5) is 54.4. The van der Waals surface area contributed by atoms with Crippen molar-refractivity contribution in [1.29, 1.82) is 0 Å². The minimum absolute atomic E-state index is 0.0123. The quantitative estimate of drug-likeness (QED) is 0.0850. The van der Waals surface area contributed by atoms with E-state index in [1.807, 2.05) is 38.1 Å². The smallest absolute Gasteiger partial charge is 0.359 e. The van der Waals surface area contributed by atoms with E-state index in [1.165, 1.54) is 29.2 Å². The molecule has 2 aromatic carbocycles. The van der Waals surface area contributed by atoms with Crippen LogP contribution in [-0.2, 0) is 32.2 Å². The third kappa shape index (κ3) is 13.1. The lowest BCUT2D eigenvalue weighted by Crippen LogP contribution is -2.36. The van der Waals surface area contributed by atoms with Crippen LogP contribution >= 0.6 is 23.2 Å². The summed E-state index contributed by atoms with van der Waals surface area (Å²) in [7, 11) is 0. The third-order valence-electron chi connectivity index (χ3n) is 13.7. The summed E-state index contributed by atoms with van der Waals surface area (Å²) in [6, 6.07) is 13.3. The number of halogens is 2. The lowest BCUT2D eigenvalue weighted by atomic mass is 10.0. The third-order valence-corrected chi connectivity index (χ3v) is 14.6. The van der Waals surface area contributed by atoms with E-state index >= 15 is 0 Å². The lowest BCUT2D eigenvalue weighted by Gasteiger charge is -2.29. The Bertz CT molecular complexity index is 2550. The summed E-state index contributed by atoms with van der Waals surface area (Å²) in [6.45, 7) is 14.2. The van der Waals surface area contributed by atoms with Crippen molar-refractivity contribution in [3.05, 3.63) is 93.5 Å². The van der Waals surface area contributed by atoms with Crippen LogP contribution in [0.5, 0.6) is 11.5 Å². The summed E-state index contributed by atoms with van der Waals surface area (Å²) in [5.41, 5.74) is -1.16. The van der Waals surface area contributed by atoms with E-state index in [0.717, 1.165) is 41.5 Å². The van der Waals surface area contributed by atoms with Gasteiger partial charge < -0.3 is 48.4 Å². The number of rotatable bonds is 19. The molecule has 4 fully saturated rings. The largest absolute Gasteiger partial charge is 0.489 e. The molecule has 4 heterocycles. The number of aromatic nitrogens is 4. The van der Waals surface area contributed by atoms with Gasteiger partial charge in [0.05, 0.1) is 53.3 Å². The Balaban J connectivity index is 0.723. The van der Waals surface area contributed by atoms with Crippen LogP contribution in [0.2, 0.25) is 10.0 Å². The van der Waals surface area contributed by atoms with Gasteiger partial charge in [-0.15, -0.1) is 0 Å². The molecule has 71 heavy (non-hydrogen) atoms. The van der Waals surface area contributed by atoms with E-state index in [2.05, 4.69) is 10.2 Å². The minimum Gasteiger partial charge on any atom is -0.489 e. The second kappa shape index (κ2) is 21.5. The first kappa shape index (κ1) is 52.1. The summed E-state index contributed by atoms with van der Waals surface area (Å²) in [5.74, 6) is 0.302. The average molecular weight is 1020 g/mol. The number of aromatic carboxylic acids is 1. The topological polar surface area (TPSA) is 206 Å². The van der Waals surface area contributed by atoms with Crippen molar-refractivity contribution >= 4 is 47.2 Å². The van der Waals surface area contributed by atoms with Gasteiger partial charge in [0.25, 0.3) is 0 Å². The number of likely N-dealkylation sites (tertiary alicyclic amines) is 2. The molecule has 2 unspecified atom stereocenters. The Kier molecular flexibility index (Phi) is 15.7. The average Bonchev–Trinajstić information content (AvgIpc) is 4.17. The standard InChI is InChI=1S/C51H64Cl2N6O12/c1-49(2,65)29-68-41-11-7-9-31(43(41)52)27-66-37-21-35-25-57(26-36(35)22-37)48(64)59-17-14-40(55-59)46(62)71-50(3,4)15-18-70-51(5,6)30-69-42-12-8-10-32(44(42)53)28-67-38-19-33-23-56(24-34(33)20-38)47(63)58-16-13-39(54-58)45(60)61/h7-14,16-17,33-38,65H,15,18-30H2,1-6H3,(H,60,61)/t33-,34+,35-,36+,37?,38?. The first-order chi connectivity index (χ1) is 33.6. The maximum absolute atomic E-state index is 13.5. The van der Waals surface area contributed by atoms with E-state index in [1.54, 1.807) is 49.6 Å². The summed E-state index contributed by atoms with van der Waals surface area (Å²) >= 11 is 13.4. The van der Waals surface area contributed by atoms with Crippen LogP contribution in [0.15, 0.2) is 60.9 Å². The number of benzene rings is 2. The normalized spacial score (nSPS) is 22.2. The molecule has 2 saturated heterocycles. The van der Waals surface area contributed by atoms with Crippen LogP contribution in [0.1, 0.15) is 106 Å². The Hall–Kier alpha value is -5.24. The number of ether oxygens (including phenoxy) is 6. The maximum Gasteiger partial charge on any atom is 0.359 e. The predicted molar refractivity (Wildman–Crippen MR) is 260 cm³/mol. The number of aliphatic hydroxyl groups is 1. The van der Waals surface area contributed by atoms with E-state index < -0.39 is 28.7 Å². The Morgan fingerprint density at radius 2 is 1.10 bits per heavy atom. The molecule has 4 aromatic rings. The summed E-state index contributed by atoms with van der Waals surface area (Å²) in [6.07, 6.45) is 6.51. The first-order valence-corrected chi connectivity index (χ1v) is 24.9. The molecule has 2 aromatic heterocycles. The Morgan fingerprint density at radius 3 is 1.55 bits per heavy atom. The molecule has 20 heteroatoms. The predicted octanol–water partition coefficient (Wildman–Crippen LogP) is 8.22. The number of fused-ring (bicyclic) bond motifs is 2. The highest BCUT2D eigenvalue weighted by molar-refractivity contribution is 6.33. The highest BCUT2D eigenvalue weighted by Crippen LogP contribution is 2.42. The molecular weight excluding hydrogens is 959 g/mol. The summed E-state index contributed by atoms with van der Waals surface area (Å²) in [5, 5.41) is 28.3. The molecule has 4 aliphatic rings. The highest BCUT2D eigenvalue weighted by Gasteiger charge is 2.45. The van der Waals surface area contributed by atoms with Crippen LogP contribution in [0, 0.1) is 23.7 Å². The van der Waals surface area contributed by atoms with Gasteiger partial charge in [0.1, 0.15) is 30.3 Å². The van der Waals surface area contributed by atoms with Crippen LogP contribution in [0.25, 0.3) is 0 Å². The molecule has 0 spiro atoms. The van der Waals surface area contributed by atoms with Crippen LogP contribution in [0.4, 0.5) is 9.59 Å². The van der Waals surface area contributed by atoms with Gasteiger partial charge in [0.2, 0.25) is 0 Å². The zero-order chi connectivity index (χ0) is 50.8. The van der Waals surface area contributed by atoms with Gasteiger partial charge in [-0.2, -0.15) is 19.6 Å². The second-order valence-electron chi connectivity index (χ2n) is 21.2. The number of nitrogens with zero attached hydrogens (tertiary/aromatic N) is 6. The highest BCUT2D eigenvalue weighted by atomic mass is 35.5. The van der Waals surface area contributed by atoms with Crippen molar-refractivity contribution in [2.45, 2.75) is 116 Å². The summed E-state index contributed by atoms with van der Waals surface area (Å²) < 4.78 is 38.8.